The second-order valence-corrected chi connectivity index (χ2v) is 27.8. The van der Waals surface area contributed by atoms with Crippen LogP contribution in [0.15, 0.2) is 37.1 Å². The second kappa shape index (κ2) is 17.3. The highest BCUT2D eigenvalue weighted by Gasteiger charge is 2.27. The predicted molar refractivity (Wildman–Crippen MR) is 207 cm³/mol. The van der Waals surface area contributed by atoms with Crippen molar-refractivity contribution in [3.63, 3.8) is 0 Å². The number of anilines is 1. The Labute approximate surface area is 305 Å². The molecule has 0 radical (unpaired) electrons. The number of amides is 2. The molecule has 0 aliphatic carbocycles. The number of benzene rings is 1. The van der Waals surface area contributed by atoms with Crippen LogP contribution in [0.25, 0.3) is 22.6 Å². The van der Waals surface area contributed by atoms with Crippen molar-refractivity contribution in [3.8, 4) is 11.5 Å². The van der Waals surface area contributed by atoms with Crippen LogP contribution in [-0.2, 0) is 39.0 Å². The molecule has 1 aromatic carbocycles. The van der Waals surface area contributed by atoms with Gasteiger partial charge in [-0.05, 0) is 50.6 Å². The summed E-state index contributed by atoms with van der Waals surface area (Å²) in [6, 6.07) is 8.32. The Morgan fingerprint density at radius 1 is 0.961 bits per heavy atom. The minimum absolute atomic E-state index is 0.0807. The summed E-state index contributed by atoms with van der Waals surface area (Å²) in [5, 5.41) is 7.71. The summed E-state index contributed by atoms with van der Waals surface area (Å²) >= 11 is 0. The number of carbonyl (C=O) groups excluding carboxylic acids is 2. The van der Waals surface area contributed by atoms with E-state index in [2.05, 4.69) is 68.2 Å². The van der Waals surface area contributed by atoms with Gasteiger partial charge < -0.3 is 23.8 Å². The van der Waals surface area contributed by atoms with E-state index < -0.39 is 27.8 Å². The molecule has 13 nitrogen and oxygen atoms in total. The smallest absolute Gasteiger partial charge is 0.412 e. The summed E-state index contributed by atoms with van der Waals surface area (Å²) in [7, 11) is -2.58. The average molecular weight is 742 g/mol. The number of aromatic nitrogens is 4. The Balaban J connectivity index is 1.62. The van der Waals surface area contributed by atoms with Crippen LogP contribution >= 0.6 is 0 Å². The summed E-state index contributed by atoms with van der Waals surface area (Å²) in [4.78, 5) is 34.5. The monoisotopic (exact) mass is 741 g/mol. The van der Waals surface area contributed by atoms with Crippen molar-refractivity contribution in [2.24, 2.45) is 0 Å². The standard InChI is InChI=1S/C36H59N7O6Si2/c1-11-18-48-34(44)38-30-25-42(26-46-19-21-50(5,6)7)39-32(30)33-37-29-13-12-28(23-31(29)43(33)27-47-20-22-51(8,9)10)24-40-14-16-41(17-15-40)35(45)49-36(2,3)4/h11-13,23,25H,1,14-22,24,26-27H2,2-10H3,(H,38,44). The molecule has 2 aromatic heterocycles. The molecular formula is C36H59N7O6Si2. The van der Waals surface area contributed by atoms with Gasteiger partial charge in [-0.25, -0.2) is 19.3 Å². The third-order valence-electron chi connectivity index (χ3n) is 8.22. The van der Waals surface area contributed by atoms with Crippen molar-refractivity contribution >= 4 is 45.1 Å². The Kier molecular flexibility index (Phi) is 13.7. The largest absolute Gasteiger partial charge is 0.445 e. The van der Waals surface area contributed by atoms with Crippen molar-refractivity contribution in [2.75, 3.05) is 51.3 Å². The van der Waals surface area contributed by atoms with Gasteiger partial charge in [0.15, 0.2) is 11.5 Å². The Bertz CT molecular complexity index is 1630. The van der Waals surface area contributed by atoms with E-state index in [-0.39, 0.29) is 26.2 Å². The molecule has 0 bridgehead atoms. The lowest BCUT2D eigenvalue weighted by Crippen LogP contribution is -2.49. The Hall–Kier alpha value is -3.51. The number of fused-ring (bicyclic) bond motifs is 1. The van der Waals surface area contributed by atoms with Crippen molar-refractivity contribution in [1.29, 1.82) is 0 Å². The number of nitrogens with zero attached hydrogens (tertiary/aromatic N) is 6. The van der Waals surface area contributed by atoms with Crippen molar-refractivity contribution in [1.82, 2.24) is 29.1 Å². The Morgan fingerprint density at radius 2 is 1.61 bits per heavy atom. The van der Waals surface area contributed by atoms with Gasteiger partial charge in [-0.1, -0.05) is 58.0 Å². The first-order chi connectivity index (χ1) is 23.9. The van der Waals surface area contributed by atoms with E-state index >= 15 is 0 Å². The number of piperazine rings is 1. The minimum Gasteiger partial charge on any atom is -0.445 e. The molecule has 51 heavy (non-hydrogen) atoms. The van der Waals surface area contributed by atoms with Crippen LogP contribution in [0.3, 0.4) is 0 Å². The van der Waals surface area contributed by atoms with Gasteiger partial charge in [0, 0.05) is 62.1 Å². The number of ether oxygens (including phenoxy) is 4. The summed E-state index contributed by atoms with van der Waals surface area (Å²) in [5.74, 6) is 0.570. The van der Waals surface area contributed by atoms with Crippen molar-refractivity contribution in [2.45, 2.75) is 97.7 Å². The molecular weight excluding hydrogens is 683 g/mol. The zero-order valence-corrected chi connectivity index (χ0v) is 34.2. The zero-order chi connectivity index (χ0) is 37.4. The second-order valence-electron chi connectivity index (χ2n) is 16.6. The van der Waals surface area contributed by atoms with Crippen molar-refractivity contribution < 1.29 is 28.5 Å². The van der Waals surface area contributed by atoms with Crippen LogP contribution in [0.4, 0.5) is 15.3 Å². The fourth-order valence-electron chi connectivity index (χ4n) is 5.35. The van der Waals surface area contributed by atoms with Gasteiger partial charge in [-0.2, -0.15) is 5.10 Å². The minimum atomic E-state index is -1.32. The van der Waals surface area contributed by atoms with Gasteiger partial charge in [0.2, 0.25) is 0 Å². The van der Waals surface area contributed by atoms with Gasteiger partial charge in [-0.3, -0.25) is 14.8 Å². The summed E-state index contributed by atoms with van der Waals surface area (Å²) in [6.45, 7) is 28.5. The van der Waals surface area contributed by atoms with Crippen LogP contribution in [0, 0.1) is 0 Å². The first kappa shape index (κ1) is 40.3. The molecule has 1 fully saturated rings. The molecule has 3 aromatic rings. The van der Waals surface area contributed by atoms with Gasteiger partial charge in [0.25, 0.3) is 0 Å². The van der Waals surface area contributed by atoms with E-state index in [4.69, 9.17) is 29.0 Å². The first-order valence-corrected chi connectivity index (χ1v) is 25.3. The molecule has 15 heteroatoms. The molecule has 0 spiro atoms. The van der Waals surface area contributed by atoms with Crippen LogP contribution < -0.4 is 5.32 Å². The van der Waals surface area contributed by atoms with E-state index in [9.17, 15) is 9.59 Å². The van der Waals surface area contributed by atoms with Crippen LogP contribution in [0.2, 0.25) is 51.4 Å². The first-order valence-electron chi connectivity index (χ1n) is 17.9. The van der Waals surface area contributed by atoms with Crippen LogP contribution in [0.1, 0.15) is 26.3 Å². The van der Waals surface area contributed by atoms with Gasteiger partial charge >= 0.3 is 12.2 Å². The van der Waals surface area contributed by atoms with Gasteiger partial charge in [-0.15, -0.1) is 0 Å². The lowest BCUT2D eigenvalue weighted by molar-refractivity contribution is 0.0139. The molecule has 1 N–H and O–H groups in total. The maximum atomic E-state index is 12.7. The maximum absolute atomic E-state index is 12.7. The van der Waals surface area contributed by atoms with E-state index in [1.54, 1.807) is 15.8 Å². The topological polar surface area (TPSA) is 125 Å². The van der Waals surface area contributed by atoms with Crippen molar-refractivity contribution in [3.05, 3.63) is 42.6 Å². The SMILES string of the molecule is C=CCOC(=O)Nc1cn(COCC[Si](C)(C)C)nc1-c1nc2ccc(CN3CCN(C(=O)OC(C)(C)C)CC3)cc2n1COCC[Si](C)(C)C. The summed E-state index contributed by atoms with van der Waals surface area (Å²) in [6.07, 6.45) is 2.39. The fraction of sp³-hybridized carbons (Fsp3) is 0.611. The quantitative estimate of drug-likeness (QED) is 0.0914. The predicted octanol–water partition coefficient (Wildman–Crippen LogP) is 7.31. The molecule has 4 rings (SSSR count). The fourth-order valence-corrected chi connectivity index (χ4v) is 6.86. The van der Waals surface area contributed by atoms with E-state index in [0.717, 1.165) is 48.3 Å². The van der Waals surface area contributed by atoms with E-state index in [1.165, 1.54) is 6.08 Å². The van der Waals surface area contributed by atoms with E-state index in [1.807, 2.05) is 31.4 Å². The highest BCUT2D eigenvalue weighted by Crippen LogP contribution is 2.31. The molecule has 2 amide bonds. The average Bonchev–Trinajstić information content (AvgIpc) is 3.59. The summed E-state index contributed by atoms with van der Waals surface area (Å²) < 4.78 is 26.8. The molecule has 282 valence electrons. The number of hydrogen-bond acceptors (Lipinski definition) is 9. The number of nitrogens with one attached hydrogen (secondary N) is 1. The Morgan fingerprint density at radius 3 is 2.22 bits per heavy atom. The highest BCUT2D eigenvalue weighted by molar-refractivity contribution is 6.76. The molecule has 1 aliphatic rings. The lowest BCUT2D eigenvalue weighted by Gasteiger charge is -2.35. The third-order valence-corrected chi connectivity index (χ3v) is 11.6. The molecule has 1 saturated heterocycles. The van der Waals surface area contributed by atoms with E-state index in [0.29, 0.717) is 43.5 Å². The number of hydrogen-bond donors (Lipinski definition) is 1. The molecule has 0 saturated carbocycles. The zero-order valence-electron chi connectivity index (χ0n) is 32.2. The number of rotatable bonds is 16. The van der Waals surface area contributed by atoms with Gasteiger partial charge in [0.1, 0.15) is 25.7 Å². The molecule has 0 atom stereocenters. The maximum Gasteiger partial charge on any atom is 0.412 e. The molecule has 0 unspecified atom stereocenters. The normalized spacial score (nSPS) is 14.6. The highest BCUT2D eigenvalue weighted by atomic mass is 28.3. The van der Waals surface area contributed by atoms with Gasteiger partial charge in [0.05, 0.1) is 22.9 Å². The lowest BCUT2D eigenvalue weighted by atomic mass is 10.1. The van der Waals surface area contributed by atoms with Crippen LogP contribution in [-0.4, -0.2) is 109 Å². The number of imidazole rings is 1. The third kappa shape index (κ3) is 12.9. The number of carbonyl (C=O) groups is 2. The van der Waals surface area contributed by atoms with Crippen LogP contribution in [0.5, 0.6) is 0 Å². The molecule has 1 aliphatic heterocycles. The molecule has 3 heterocycles. The summed E-state index contributed by atoms with van der Waals surface area (Å²) in [5.41, 5.74) is 3.25.